The number of nitrogens with zero attached hydrogens (tertiary/aromatic N) is 3. The van der Waals surface area contributed by atoms with Gasteiger partial charge >= 0.3 is 10.3 Å². The molecule has 4 atom stereocenters. The van der Waals surface area contributed by atoms with Crippen LogP contribution in [0.4, 0.5) is 5.82 Å². The van der Waals surface area contributed by atoms with Crippen LogP contribution in [0.1, 0.15) is 50.8 Å². The van der Waals surface area contributed by atoms with Gasteiger partial charge in [0.1, 0.15) is 12.1 Å². The van der Waals surface area contributed by atoms with Crippen molar-refractivity contribution in [3.05, 3.63) is 74.3 Å². The first kappa shape index (κ1) is 26.2. The summed E-state index contributed by atoms with van der Waals surface area (Å²) in [5.41, 5.74) is 3.57. The van der Waals surface area contributed by atoms with Gasteiger partial charge in [0.25, 0.3) is 0 Å². The summed E-state index contributed by atoms with van der Waals surface area (Å²) in [6.07, 6.45) is 2.75. The van der Waals surface area contributed by atoms with Crippen molar-refractivity contribution < 1.29 is 22.5 Å². The molecule has 37 heavy (non-hydrogen) atoms. The lowest BCUT2D eigenvalue weighted by molar-refractivity contribution is 0.101. The highest BCUT2D eigenvalue weighted by Crippen LogP contribution is 2.43. The largest absolute Gasteiger partial charge is 0.393 e. The minimum Gasteiger partial charge on any atom is -0.393 e. The molecule has 1 aliphatic heterocycles. The van der Waals surface area contributed by atoms with E-state index in [0.29, 0.717) is 27.9 Å². The summed E-state index contributed by atoms with van der Waals surface area (Å²) >= 11 is 7.88. The Morgan fingerprint density at radius 3 is 2.89 bits per heavy atom. The molecular weight excluding hydrogens is 538 g/mol. The third-order valence-electron chi connectivity index (χ3n) is 6.84. The molecule has 1 aromatic carbocycles. The van der Waals surface area contributed by atoms with Crippen LogP contribution >= 0.6 is 22.9 Å². The molecule has 3 heterocycles. The second kappa shape index (κ2) is 10.4. The molecule has 0 amide bonds. The highest BCUT2D eigenvalue weighted by Gasteiger charge is 2.35. The van der Waals surface area contributed by atoms with E-state index in [1.807, 2.05) is 25.2 Å². The molecule has 3 aromatic rings. The first-order valence-electron chi connectivity index (χ1n) is 11.6. The molecule has 4 N–H and O–H groups in total. The van der Waals surface area contributed by atoms with Gasteiger partial charge in [-0.1, -0.05) is 35.9 Å². The molecule has 1 saturated carbocycles. The number of aliphatic hydroxyl groups is 1. The van der Waals surface area contributed by atoms with E-state index < -0.39 is 22.3 Å². The Balaban J connectivity index is 1.35. The van der Waals surface area contributed by atoms with Gasteiger partial charge in [-0.15, -0.1) is 11.3 Å². The molecule has 1 fully saturated rings. The molecule has 0 bridgehead atoms. The van der Waals surface area contributed by atoms with Crippen molar-refractivity contribution in [1.29, 1.82) is 0 Å². The zero-order valence-corrected chi connectivity index (χ0v) is 22.3. The molecule has 0 saturated heterocycles. The molecule has 2 aromatic heterocycles. The Morgan fingerprint density at radius 2 is 2.11 bits per heavy atom. The van der Waals surface area contributed by atoms with Crippen LogP contribution in [-0.4, -0.2) is 60.0 Å². The molecule has 0 unspecified atom stereocenters. The van der Waals surface area contributed by atoms with Crippen molar-refractivity contribution in [2.45, 2.75) is 37.6 Å². The number of carbonyl (C=O) groups excluding carboxylic acids is 1. The monoisotopic (exact) mass is 563 g/mol. The van der Waals surface area contributed by atoms with Gasteiger partial charge in [0.2, 0.25) is 5.78 Å². The van der Waals surface area contributed by atoms with Crippen LogP contribution in [0.5, 0.6) is 0 Å². The topological polar surface area (TPSA) is 148 Å². The predicted molar refractivity (Wildman–Crippen MR) is 140 cm³/mol. The fourth-order valence-corrected chi connectivity index (χ4v) is 6.79. The molecule has 0 spiro atoms. The fraction of sp³-hybridized carbons (Fsp3) is 0.375. The van der Waals surface area contributed by atoms with Gasteiger partial charge in [-0.3, -0.25) is 13.9 Å². The molecule has 13 heteroatoms. The van der Waals surface area contributed by atoms with E-state index in [1.54, 1.807) is 0 Å². The van der Waals surface area contributed by atoms with Crippen molar-refractivity contribution in [2.24, 2.45) is 11.1 Å². The number of anilines is 1. The van der Waals surface area contributed by atoms with Crippen LogP contribution in [0.2, 0.25) is 4.34 Å². The fourth-order valence-electron chi connectivity index (χ4n) is 5.15. The maximum absolute atomic E-state index is 13.6. The Kier molecular flexibility index (Phi) is 7.33. The lowest BCUT2D eigenvalue weighted by Gasteiger charge is -2.20. The zero-order chi connectivity index (χ0) is 26.3. The van der Waals surface area contributed by atoms with E-state index in [2.05, 4.69) is 36.5 Å². The number of hydrogen-bond donors (Lipinski definition) is 3. The van der Waals surface area contributed by atoms with Gasteiger partial charge in [-0.2, -0.15) is 8.42 Å². The van der Waals surface area contributed by atoms with Crippen LogP contribution in [0.25, 0.3) is 0 Å². The number of halogens is 1. The van der Waals surface area contributed by atoms with Crippen molar-refractivity contribution >= 4 is 44.8 Å². The molecule has 5 rings (SSSR count). The van der Waals surface area contributed by atoms with Crippen molar-refractivity contribution in [3.8, 4) is 0 Å². The summed E-state index contributed by atoms with van der Waals surface area (Å²) < 4.78 is 27.4. The summed E-state index contributed by atoms with van der Waals surface area (Å²) in [6, 6.07) is 9.75. The van der Waals surface area contributed by atoms with E-state index >= 15 is 0 Å². The number of benzene rings is 1. The van der Waals surface area contributed by atoms with Crippen LogP contribution < -0.4 is 10.5 Å². The van der Waals surface area contributed by atoms with Gasteiger partial charge in [0.05, 0.1) is 33.5 Å². The number of rotatable bonds is 8. The highest BCUT2D eigenvalue weighted by molar-refractivity contribution is 7.84. The van der Waals surface area contributed by atoms with Gasteiger partial charge in [-0.05, 0) is 37.1 Å². The number of aliphatic hydroxyl groups excluding tert-OH is 1. The lowest BCUT2D eigenvalue weighted by atomic mass is 9.99. The van der Waals surface area contributed by atoms with Crippen LogP contribution in [0.15, 0.2) is 42.9 Å². The number of aromatic nitrogens is 2. The Bertz CT molecular complexity index is 1430. The second-order valence-electron chi connectivity index (χ2n) is 9.39. The summed E-state index contributed by atoms with van der Waals surface area (Å²) in [4.78, 5) is 24.5. The van der Waals surface area contributed by atoms with Crippen molar-refractivity contribution in [3.63, 3.8) is 0 Å². The molecule has 196 valence electrons. The summed E-state index contributed by atoms with van der Waals surface area (Å²) in [6.45, 7) is 0.580. The van der Waals surface area contributed by atoms with Crippen LogP contribution in [0.3, 0.4) is 0 Å². The minimum absolute atomic E-state index is 0.0393. The Morgan fingerprint density at radius 1 is 1.32 bits per heavy atom. The summed E-state index contributed by atoms with van der Waals surface area (Å²) in [5.74, 6) is -0.357. The van der Waals surface area contributed by atoms with Gasteiger partial charge < -0.3 is 10.4 Å². The molecule has 1 aliphatic carbocycles. The van der Waals surface area contributed by atoms with E-state index in [1.165, 1.54) is 35.0 Å². The summed E-state index contributed by atoms with van der Waals surface area (Å²) in [5, 5.41) is 18.5. The highest BCUT2D eigenvalue weighted by atomic mass is 35.5. The number of carbonyl (C=O) groups is 1. The van der Waals surface area contributed by atoms with Gasteiger partial charge in [0, 0.05) is 30.3 Å². The van der Waals surface area contributed by atoms with E-state index in [4.69, 9.17) is 16.7 Å². The zero-order valence-electron chi connectivity index (χ0n) is 19.9. The number of fused-ring (bicyclic) bond motifs is 1. The smallest absolute Gasteiger partial charge is 0.333 e. The first-order chi connectivity index (χ1) is 17.6. The van der Waals surface area contributed by atoms with Crippen LogP contribution in [-0.2, 0) is 21.0 Å². The number of nitrogens with one attached hydrogen (secondary N) is 1. The predicted octanol–water partition coefficient (Wildman–Crippen LogP) is 2.73. The number of ketones is 1. The third-order valence-corrected chi connectivity index (χ3v) is 8.70. The second-order valence-corrected chi connectivity index (χ2v) is 12.3. The van der Waals surface area contributed by atoms with Crippen LogP contribution in [0, 0.1) is 5.92 Å². The molecule has 2 aliphatic rings. The number of hydrogen-bond acceptors (Lipinski definition) is 10. The standard InChI is InChI=1S/C24H26ClN5O5S2/c1-30-10-13-4-2-3-5-16(13)21(30)17-8-20(36-23(17)25)22(32)18-9-27-12-28-24(18)29-15-6-14(19(31)7-15)11-35-37(26,33)34/h2-5,8-9,12,14-15,19,21,31H,6-7,10-11H2,1H3,(H2,26,33,34)(H,27,28,29)/t14-,15-,19+,21+/m1/s1. The Labute approximate surface area is 223 Å². The van der Waals surface area contributed by atoms with Gasteiger partial charge in [-0.25, -0.2) is 15.1 Å². The quantitative estimate of drug-likeness (QED) is 0.352. The SMILES string of the molecule is CN1Cc2ccccc2[C@H]1c1cc(C(=O)c2cncnc2N[C@@H]2C[C@H](COS(N)(=O)=O)[C@@H](O)C2)sc1Cl. The number of thiophene rings is 1. The van der Waals surface area contributed by atoms with E-state index in [9.17, 15) is 18.3 Å². The summed E-state index contributed by atoms with van der Waals surface area (Å²) in [7, 11) is -2.06. The normalized spacial score (nSPS) is 23.8. The van der Waals surface area contributed by atoms with Crippen molar-refractivity contribution in [2.75, 3.05) is 19.0 Å². The maximum atomic E-state index is 13.6. The average molecular weight is 564 g/mol. The maximum Gasteiger partial charge on any atom is 0.333 e. The average Bonchev–Trinajstić information content (AvgIpc) is 3.50. The van der Waals surface area contributed by atoms with E-state index in [0.717, 1.165) is 12.1 Å². The Hall–Kier alpha value is -2.45. The van der Waals surface area contributed by atoms with Crippen molar-refractivity contribution in [1.82, 2.24) is 14.9 Å². The first-order valence-corrected chi connectivity index (χ1v) is 14.3. The molecular formula is C24H26ClN5O5S2. The lowest BCUT2D eigenvalue weighted by Crippen LogP contribution is -2.24. The minimum atomic E-state index is -4.10. The van der Waals surface area contributed by atoms with E-state index in [-0.39, 0.29) is 30.0 Å². The van der Waals surface area contributed by atoms with Gasteiger partial charge in [0.15, 0.2) is 0 Å². The number of nitrogens with two attached hydrogens (primary N) is 1. The molecule has 10 nitrogen and oxygen atoms in total. The molecule has 0 radical (unpaired) electrons. The third kappa shape index (κ3) is 5.55.